The highest BCUT2D eigenvalue weighted by Crippen LogP contribution is 2.28. The molecule has 0 aliphatic carbocycles. The lowest BCUT2D eigenvalue weighted by molar-refractivity contribution is 0.146. The summed E-state index contributed by atoms with van der Waals surface area (Å²) in [4.78, 5) is 7.58. The van der Waals surface area contributed by atoms with E-state index in [1.807, 2.05) is 0 Å². The third-order valence-electron chi connectivity index (χ3n) is 3.52. The minimum Gasteiger partial charge on any atom is -0.479 e. The average molecular weight is 421 g/mol. The van der Waals surface area contributed by atoms with E-state index in [1.165, 1.54) is 22.7 Å². The van der Waals surface area contributed by atoms with Gasteiger partial charge < -0.3 is 4.74 Å². The van der Waals surface area contributed by atoms with Gasteiger partial charge in [-0.15, -0.1) is 0 Å². The highest BCUT2D eigenvalue weighted by Gasteiger charge is 2.24. The van der Waals surface area contributed by atoms with Gasteiger partial charge in [0.1, 0.15) is 17.2 Å². The van der Waals surface area contributed by atoms with Crippen LogP contribution in [-0.2, 0) is 16.4 Å². The number of nitrogens with one attached hydrogen (secondary N) is 1. The fourth-order valence-electron chi connectivity index (χ4n) is 2.35. The number of methoxy groups -OCH3 is 1. The van der Waals surface area contributed by atoms with E-state index in [2.05, 4.69) is 14.7 Å². The molecule has 0 bridgehead atoms. The third kappa shape index (κ3) is 3.93. The number of anilines is 1. The van der Waals surface area contributed by atoms with Gasteiger partial charge in [0.15, 0.2) is 5.03 Å². The largest absolute Gasteiger partial charge is 0.479 e. The summed E-state index contributed by atoms with van der Waals surface area (Å²) in [5.41, 5.74) is -0.586. The van der Waals surface area contributed by atoms with E-state index in [-0.39, 0.29) is 22.2 Å². The Morgan fingerprint density at radius 3 is 2.78 bits per heavy atom. The van der Waals surface area contributed by atoms with Gasteiger partial charge in [-0.1, -0.05) is 11.6 Å². The smallest absolute Gasteiger partial charge is 0.279 e. The average Bonchev–Trinajstić information content (AvgIpc) is 3.00. The summed E-state index contributed by atoms with van der Waals surface area (Å²) >= 11 is 5.84. The Bertz CT molecular complexity index is 1110. The highest BCUT2D eigenvalue weighted by molar-refractivity contribution is 7.92. The lowest BCUT2D eigenvalue weighted by Crippen LogP contribution is -2.17. The molecule has 0 unspecified atom stereocenters. The number of halogens is 4. The summed E-state index contributed by atoms with van der Waals surface area (Å²) in [6, 6.07) is 3.67. The van der Waals surface area contributed by atoms with Gasteiger partial charge >= 0.3 is 0 Å². The maximum absolute atomic E-state index is 14.0. The maximum atomic E-state index is 14.0. The Morgan fingerprint density at radius 1 is 1.37 bits per heavy atom. The van der Waals surface area contributed by atoms with Crippen molar-refractivity contribution in [1.29, 1.82) is 0 Å². The quantitative estimate of drug-likeness (QED) is 0.662. The summed E-state index contributed by atoms with van der Waals surface area (Å²) in [6.07, 6.45) is -1.25. The Morgan fingerprint density at radius 2 is 2.11 bits per heavy atom. The number of fused-ring (bicyclic) bond motifs is 1. The molecule has 0 atom stereocenters. The van der Waals surface area contributed by atoms with Gasteiger partial charge in [0, 0.05) is 23.4 Å². The molecule has 3 aromatic heterocycles. The van der Waals surface area contributed by atoms with E-state index in [9.17, 15) is 21.6 Å². The molecule has 1 N–H and O–H groups in total. The fraction of sp³-hybridized carbons (Fsp3) is 0.200. The minimum absolute atomic E-state index is 0.242. The first-order valence-electron chi connectivity index (χ1n) is 7.38. The van der Waals surface area contributed by atoms with Gasteiger partial charge in [0.25, 0.3) is 10.0 Å². The molecule has 0 aliphatic heterocycles. The molecule has 3 heterocycles. The van der Waals surface area contributed by atoms with Crippen molar-refractivity contribution < 1.29 is 26.3 Å². The van der Waals surface area contributed by atoms with Crippen LogP contribution in [0, 0.1) is 5.82 Å². The predicted molar refractivity (Wildman–Crippen MR) is 91.5 cm³/mol. The number of rotatable bonds is 6. The summed E-state index contributed by atoms with van der Waals surface area (Å²) in [7, 11) is -3.07. The first-order valence-corrected chi connectivity index (χ1v) is 9.24. The maximum Gasteiger partial charge on any atom is 0.279 e. The topological polar surface area (TPSA) is 85.6 Å². The normalized spacial score (nSPS) is 11.9. The molecule has 0 saturated carbocycles. The molecule has 144 valence electrons. The third-order valence-corrected chi connectivity index (χ3v) is 5.09. The van der Waals surface area contributed by atoms with Gasteiger partial charge in [0.2, 0.25) is 12.3 Å². The number of hydrogen-bond donors (Lipinski definition) is 1. The van der Waals surface area contributed by atoms with Crippen LogP contribution in [0.3, 0.4) is 0 Å². The van der Waals surface area contributed by atoms with Crippen LogP contribution in [0.15, 0.2) is 35.6 Å². The summed E-state index contributed by atoms with van der Waals surface area (Å²) in [6.45, 7) is 0. The van der Waals surface area contributed by atoms with Crippen LogP contribution in [0.2, 0.25) is 5.02 Å². The molecule has 7 nitrogen and oxygen atoms in total. The molecule has 12 heteroatoms. The molecule has 0 amide bonds. The standard InChI is InChI=1S/C15H12ClF3N4O3S/c1-26-15-11(5-9(17)10(21-15)6-12(18)19)22-27(24,25)14-7-20-13-4-8(16)2-3-23(13)14/h2-5,7,12,22H,6H2,1H3. The number of nitrogens with zero attached hydrogens (tertiary/aromatic N) is 3. The zero-order chi connectivity index (χ0) is 19.8. The van der Waals surface area contributed by atoms with E-state index in [4.69, 9.17) is 16.3 Å². The molecule has 0 aliphatic rings. The highest BCUT2D eigenvalue weighted by atomic mass is 35.5. The number of hydrogen-bond acceptors (Lipinski definition) is 5. The van der Waals surface area contributed by atoms with Gasteiger partial charge in [-0.05, 0) is 6.07 Å². The zero-order valence-corrected chi connectivity index (χ0v) is 15.2. The Kier molecular flexibility index (Phi) is 5.16. The van der Waals surface area contributed by atoms with Crippen LogP contribution in [-0.4, -0.2) is 36.3 Å². The van der Waals surface area contributed by atoms with Crippen LogP contribution in [0.4, 0.5) is 18.9 Å². The van der Waals surface area contributed by atoms with Crippen molar-refractivity contribution in [2.24, 2.45) is 0 Å². The van der Waals surface area contributed by atoms with Gasteiger partial charge in [-0.2, -0.15) is 8.42 Å². The molecule has 0 saturated heterocycles. The summed E-state index contributed by atoms with van der Waals surface area (Å²) in [5.74, 6) is -1.42. The number of ether oxygens (including phenoxy) is 1. The van der Waals surface area contributed by atoms with Crippen LogP contribution < -0.4 is 9.46 Å². The van der Waals surface area contributed by atoms with Crippen LogP contribution >= 0.6 is 11.6 Å². The molecule has 0 fully saturated rings. The van der Waals surface area contributed by atoms with Gasteiger partial charge in [0.05, 0.1) is 25.4 Å². The van der Waals surface area contributed by atoms with E-state index >= 15 is 0 Å². The first kappa shape index (κ1) is 19.2. The fourth-order valence-corrected chi connectivity index (χ4v) is 3.65. The van der Waals surface area contributed by atoms with Crippen molar-refractivity contribution in [2.45, 2.75) is 17.9 Å². The molecular weight excluding hydrogens is 409 g/mol. The molecule has 0 aromatic carbocycles. The van der Waals surface area contributed by atoms with Gasteiger partial charge in [-0.3, -0.25) is 9.12 Å². The molecule has 0 spiro atoms. The number of alkyl halides is 2. The van der Waals surface area contributed by atoms with E-state index in [1.54, 1.807) is 0 Å². The number of aromatic nitrogens is 3. The Hall–Kier alpha value is -2.53. The van der Waals surface area contributed by atoms with E-state index < -0.39 is 34.4 Å². The van der Waals surface area contributed by atoms with E-state index in [0.717, 1.165) is 19.4 Å². The second-order valence-corrected chi connectivity index (χ2v) is 7.41. The minimum atomic E-state index is -4.22. The Labute approximate surface area is 156 Å². The monoisotopic (exact) mass is 420 g/mol. The lowest BCUT2D eigenvalue weighted by atomic mass is 10.2. The van der Waals surface area contributed by atoms with Crippen LogP contribution in [0.1, 0.15) is 5.69 Å². The van der Waals surface area contributed by atoms with Crippen molar-refractivity contribution in [3.8, 4) is 5.88 Å². The predicted octanol–water partition coefficient (Wildman–Crippen LogP) is 3.14. The molecule has 3 rings (SSSR count). The SMILES string of the molecule is COc1nc(CC(F)F)c(F)cc1NS(=O)(=O)c1cnc2cc(Cl)ccn12. The van der Waals surface area contributed by atoms with Gasteiger partial charge in [-0.25, -0.2) is 23.1 Å². The summed E-state index contributed by atoms with van der Waals surface area (Å²) in [5, 5.41) is 0.126. The molecule has 27 heavy (non-hydrogen) atoms. The number of pyridine rings is 2. The molecule has 0 radical (unpaired) electrons. The van der Waals surface area contributed by atoms with Crippen molar-refractivity contribution in [3.05, 3.63) is 47.1 Å². The van der Waals surface area contributed by atoms with Crippen LogP contribution in [0.5, 0.6) is 5.88 Å². The molecular formula is C15H12ClF3N4O3S. The second kappa shape index (κ2) is 7.24. The first-order chi connectivity index (χ1) is 12.7. The van der Waals surface area contributed by atoms with Crippen molar-refractivity contribution in [1.82, 2.24) is 14.4 Å². The molecule has 3 aromatic rings. The zero-order valence-electron chi connectivity index (χ0n) is 13.7. The van der Waals surface area contributed by atoms with Crippen molar-refractivity contribution in [2.75, 3.05) is 11.8 Å². The van der Waals surface area contributed by atoms with E-state index in [0.29, 0.717) is 5.02 Å². The number of imidazole rings is 1. The van der Waals surface area contributed by atoms with Crippen molar-refractivity contribution >= 4 is 33.0 Å². The lowest BCUT2D eigenvalue weighted by Gasteiger charge is -2.13. The Balaban J connectivity index is 2.01. The number of sulfonamides is 1. The van der Waals surface area contributed by atoms with Crippen LogP contribution in [0.25, 0.3) is 5.65 Å². The summed E-state index contributed by atoms with van der Waals surface area (Å²) < 4.78 is 72.6. The van der Waals surface area contributed by atoms with Crippen molar-refractivity contribution in [3.63, 3.8) is 0 Å². The second-order valence-electron chi connectivity index (χ2n) is 5.34.